The number of fused-ring (bicyclic) bond motifs is 1. The number of nitrogens with zero attached hydrogens (tertiary/aromatic N) is 2. The van der Waals surface area contributed by atoms with Crippen molar-refractivity contribution in [2.75, 3.05) is 0 Å². The number of aryl methyl sites for hydroxylation is 2. The molecular weight excluding hydrogens is 244 g/mol. The first-order valence-corrected chi connectivity index (χ1v) is 5.82. The fourth-order valence-corrected chi connectivity index (χ4v) is 2.20. The van der Waals surface area contributed by atoms with Gasteiger partial charge >= 0.3 is 5.63 Å². The maximum Gasteiger partial charge on any atom is 0.336 e. The van der Waals surface area contributed by atoms with Crippen LogP contribution in [0.4, 0.5) is 0 Å². The lowest BCUT2D eigenvalue weighted by Gasteiger charge is -2.08. The van der Waals surface area contributed by atoms with Crippen LogP contribution < -0.4 is 5.63 Å². The summed E-state index contributed by atoms with van der Waals surface area (Å²) in [5.74, 6) is 0.0600. The first-order valence-electron chi connectivity index (χ1n) is 5.82. The molecule has 0 saturated heterocycles. The van der Waals surface area contributed by atoms with Gasteiger partial charge in [-0.1, -0.05) is 0 Å². The van der Waals surface area contributed by atoms with Crippen LogP contribution >= 0.6 is 0 Å². The molecule has 1 N–H and O–H groups in total. The molecule has 3 aromatic rings. The van der Waals surface area contributed by atoms with E-state index in [1.807, 2.05) is 13.0 Å². The molecule has 2 heterocycles. The third-order valence-electron chi connectivity index (χ3n) is 3.16. The fourth-order valence-electron chi connectivity index (χ4n) is 2.20. The third-order valence-corrected chi connectivity index (χ3v) is 3.16. The van der Waals surface area contributed by atoms with Gasteiger partial charge in [-0.2, -0.15) is 5.10 Å². The van der Waals surface area contributed by atoms with Crippen molar-refractivity contribution in [2.24, 2.45) is 7.05 Å². The monoisotopic (exact) mass is 256 g/mol. The SMILES string of the molecule is Cc1cc(=O)oc2cc(O)c(-c3ccnn3C)cc12. The zero-order valence-electron chi connectivity index (χ0n) is 10.5. The number of phenolic OH excluding ortho intramolecular Hbond substituents is 1. The number of benzene rings is 1. The quantitative estimate of drug-likeness (QED) is 0.678. The lowest BCUT2D eigenvalue weighted by Crippen LogP contribution is -1.99. The zero-order chi connectivity index (χ0) is 13.6. The lowest BCUT2D eigenvalue weighted by molar-refractivity contribution is 0.474. The predicted octanol–water partition coefficient (Wildman–Crippen LogP) is 2.21. The minimum absolute atomic E-state index is 0.0600. The molecule has 0 aliphatic carbocycles. The molecule has 0 fully saturated rings. The molecule has 0 radical (unpaired) electrons. The van der Waals surface area contributed by atoms with Crippen molar-refractivity contribution in [3.05, 3.63) is 46.4 Å². The normalized spacial score (nSPS) is 11.1. The summed E-state index contributed by atoms with van der Waals surface area (Å²) in [5.41, 5.74) is 2.23. The average Bonchev–Trinajstić information content (AvgIpc) is 2.74. The molecule has 0 aliphatic heterocycles. The molecule has 2 aromatic heterocycles. The molecule has 3 rings (SSSR count). The van der Waals surface area contributed by atoms with Gasteiger partial charge in [0.2, 0.25) is 0 Å². The molecular formula is C14H12N2O3. The molecule has 0 spiro atoms. The number of rotatable bonds is 1. The lowest BCUT2D eigenvalue weighted by atomic mass is 10.0. The minimum Gasteiger partial charge on any atom is -0.507 e. The van der Waals surface area contributed by atoms with E-state index in [4.69, 9.17) is 4.42 Å². The van der Waals surface area contributed by atoms with E-state index in [1.54, 1.807) is 24.0 Å². The largest absolute Gasteiger partial charge is 0.507 e. The maximum absolute atomic E-state index is 11.3. The Labute approximate surface area is 108 Å². The van der Waals surface area contributed by atoms with Crippen molar-refractivity contribution in [3.63, 3.8) is 0 Å². The molecule has 1 aromatic carbocycles. The topological polar surface area (TPSA) is 68.3 Å². The van der Waals surface area contributed by atoms with Crippen molar-refractivity contribution in [1.82, 2.24) is 9.78 Å². The Kier molecular flexibility index (Phi) is 2.41. The first-order chi connectivity index (χ1) is 9.06. The molecule has 5 heteroatoms. The highest BCUT2D eigenvalue weighted by Gasteiger charge is 2.12. The molecule has 5 nitrogen and oxygen atoms in total. The van der Waals surface area contributed by atoms with Crippen molar-refractivity contribution >= 4 is 11.0 Å². The Hall–Kier alpha value is -2.56. The van der Waals surface area contributed by atoms with Crippen molar-refractivity contribution in [2.45, 2.75) is 6.92 Å². The summed E-state index contributed by atoms with van der Waals surface area (Å²) in [6.45, 7) is 1.84. The second kappa shape index (κ2) is 3.98. The van der Waals surface area contributed by atoms with Gasteiger partial charge < -0.3 is 9.52 Å². The van der Waals surface area contributed by atoms with E-state index in [2.05, 4.69) is 5.10 Å². The van der Waals surface area contributed by atoms with Crippen LogP contribution in [0.25, 0.3) is 22.2 Å². The number of aromatic hydroxyl groups is 1. The standard InChI is InChI=1S/C14H12N2O3/c1-8-5-14(18)19-13-7-12(17)10(6-9(8)13)11-3-4-15-16(11)2/h3-7,17H,1-2H3. The highest BCUT2D eigenvalue weighted by atomic mass is 16.4. The van der Waals surface area contributed by atoms with E-state index in [0.29, 0.717) is 11.1 Å². The van der Waals surface area contributed by atoms with E-state index in [0.717, 1.165) is 16.6 Å². The van der Waals surface area contributed by atoms with Crippen LogP contribution in [0, 0.1) is 6.92 Å². The van der Waals surface area contributed by atoms with Crippen LogP contribution in [0.3, 0.4) is 0 Å². The first kappa shape index (κ1) is 11.5. The van der Waals surface area contributed by atoms with Crippen LogP contribution in [-0.2, 0) is 7.05 Å². The van der Waals surface area contributed by atoms with Gasteiger partial charge in [0.05, 0.1) is 5.69 Å². The van der Waals surface area contributed by atoms with Gasteiger partial charge in [0, 0.05) is 36.3 Å². The van der Waals surface area contributed by atoms with Crippen LogP contribution in [0.15, 0.2) is 39.7 Å². The molecule has 0 saturated carbocycles. The Bertz CT molecular complexity index is 830. The van der Waals surface area contributed by atoms with Gasteiger partial charge in [0.15, 0.2) is 0 Å². The van der Waals surface area contributed by atoms with Crippen LogP contribution in [0.5, 0.6) is 5.75 Å². The van der Waals surface area contributed by atoms with Gasteiger partial charge in [-0.25, -0.2) is 4.79 Å². The molecule has 19 heavy (non-hydrogen) atoms. The third kappa shape index (κ3) is 1.79. The summed E-state index contributed by atoms with van der Waals surface area (Å²) >= 11 is 0. The number of hydrogen-bond acceptors (Lipinski definition) is 4. The van der Waals surface area contributed by atoms with Gasteiger partial charge in [0.1, 0.15) is 11.3 Å². The van der Waals surface area contributed by atoms with E-state index in [1.165, 1.54) is 12.1 Å². The van der Waals surface area contributed by atoms with E-state index in [9.17, 15) is 9.90 Å². The van der Waals surface area contributed by atoms with Crippen LogP contribution in [0.1, 0.15) is 5.56 Å². The molecule has 96 valence electrons. The van der Waals surface area contributed by atoms with Gasteiger partial charge in [-0.15, -0.1) is 0 Å². The predicted molar refractivity (Wildman–Crippen MR) is 71.1 cm³/mol. The Balaban J connectivity index is 2.37. The highest BCUT2D eigenvalue weighted by Crippen LogP contribution is 2.33. The Morgan fingerprint density at radius 1 is 1.32 bits per heavy atom. The van der Waals surface area contributed by atoms with Crippen molar-refractivity contribution < 1.29 is 9.52 Å². The Morgan fingerprint density at radius 3 is 2.79 bits per heavy atom. The summed E-state index contributed by atoms with van der Waals surface area (Å²) < 4.78 is 6.76. The number of aromatic nitrogens is 2. The highest BCUT2D eigenvalue weighted by molar-refractivity contribution is 5.88. The molecule has 0 bridgehead atoms. The summed E-state index contributed by atoms with van der Waals surface area (Å²) in [6, 6.07) is 6.52. The second-order valence-electron chi connectivity index (χ2n) is 4.45. The summed E-state index contributed by atoms with van der Waals surface area (Å²) in [6.07, 6.45) is 1.66. The molecule has 0 atom stereocenters. The average molecular weight is 256 g/mol. The summed E-state index contributed by atoms with van der Waals surface area (Å²) in [4.78, 5) is 11.3. The van der Waals surface area contributed by atoms with Crippen molar-refractivity contribution in [1.29, 1.82) is 0 Å². The molecule has 0 aliphatic rings. The Morgan fingerprint density at radius 2 is 2.11 bits per heavy atom. The van der Waals surface area contributed by atoms with E-state index in [-0.39, 0.29) is 5.75 Å². The fraction of sp³-hybridized carbons (Fsp3) is 0.143. The van der Waals surface area contributed by atoms with E-state index < -0.39 is 5.63 Å². The van der Waals surface area contributed by atoms with Gasteiger partial charge in [-0.05, 0) is 24.6 Å². The summed E-state index contributed by atoms with van der Waals surface area (Å²) in [5, 5.41) is 15.0. The number of phenols is 1. The maximum atomic E-state index is 11.3. The molecule has 0 amide bonds. The second-order valence-corrected chi connectivity index (χ2v) is 4.45. The smallest absolute Gasteiger partial charge is 0.336 e. The van der Waals surface area contributed by atoms with Gasteiger partial charge in [-0.3, -0.25) is 4.68 Å². The van der Waals surface area contributed by atoms with E-state index >= 15 is 0 Å². The van der Waals surface area contributed by atoms with Crippen LogP contribution in [-0.4, -0.2) is 14.9 Å². The van der Waals surface area contributed by atoms with Gasteiger partial charge in [0.25, 0.3) is 0 Å². The number of hydrogen-bond donors (Lipinski definition) is 1. The molecule has 0 unspecified atom stereocenters. The van der Waals surface area contributed by atoms with Crippen LogP contribution in [0.2, 0.25) is 0 Å². The summed E-state index contributed by atoms with van der Waals surface area (Å²) in [7, 11) is 1.80. The van der Waals surface area contributed by atoms with Crippen molar-refractivity contribution in [3.8, 4) is 17.0 Å². The minimum atomic E-state index is -0.419. The zero-order valence-corrected chi connectivity index (χ0v) is 10.5.